The van der Waals surface area contributed by atoms with Gasteiger partial charge in [-0.25, -0.2) is 22.5 Å². The largest absolute Gasteiger partial charge is 0.323 e. The number of aromatic nitrogens is 1. The summed E-state index contributed by atoms with van der Waals surface area (Å²) >= 11 is 0. The fourth-order valence-electron chi connectivity index (χ4n) is 1.70. The van der Waals surface area contributed by atoms with E-state index in [2.05, 4.69) is 10.4 Å². The van der Waals surface area contributed by atoms with Crippen molar-refractivity contribution in [3.63, 3.8) is 0 Å². The molecule has 0 aliphatic rings. The average molecular weight is 259 g/mol. The van der Waals surface area contributed by atoms with Crippen molar-refractivity contribution in [1.82, 2.24) is 4.98 Å². The zero-order valence-corrected chi connectivity index (χ0v) is 9.27. The normalized spacial score (nSPS) is 11.3. The van der Waals surface area contributed by atoms with Gasteiger partial charge in [0.25, 0.3) is 6.43 Å². The Bertz CT molecular complexity index is 613. The number of nitrogens with zero attached hydrogens (tertiary/aromatic N) is 1. The summed E-state index contributed by atoms with van der Waals surface area (Å²) in [5.74, 6) is 3.53. The zero-order valence-electron chi connectivity index (χ0n) is 9.27. The van der Waals surface area contributed by atoms with Gasteiger partial charge in [-0.3, -0.25) is 5.84 Å². The van der Waals surface area contributed by atoms with Crippen LogP contribution in [0.5, 0.6) is 0 Å². The van der Waals surface area contributed by atoms with E-state index in [9.17, 15) is 17.6 Å². The number of pyridine rings is 1. The third-order valence-electron chi connectivity index (χ3n) is 2.55. The Morgan fingerprint density at radius 1 is 1.28 bits per heavy atom. The third kappa shape index (κ3) is 1.86. The van der Waals surface area contributed by atoms with Crippen LogP contribution in [0.2, 0.25) is 0 Å². The molecular weight excluding hydrogens is 250 g/mol. The number of benzene rings is 1. The number of hydrogen-bond acceptors (Lipinski definition) is 3. The van der Waals surface area contributed by atoms with Gasteiger partial charge in [-0.2, -0.15) is 0 Å². The molecule has 1 aromatic heterocycles. The Hall–Kier alpha value is -1.89. The van der Waals surface area contributed by atoms with Gasteiger partial charge in [0.2, 0.25) is 0 Å². The van der Waals surface area contributed by atoms with E-state index in [1.54, 1.807) is 0 Å². The van der Waals surface area contributed by atoms with Gasteiger partial charge in [0, 0.05) is 0 Å². The monoisotopic (exact) mass is 259 g/mol. The first-order chi connectivity index (χ1) is 8.45. The number of rotatable bonds is 2. The molecule has 0 bridgehead atoms. The van der Waals surface area contributed by atoms with Crippen molar-refractivity contribution < 1.29 is 17.6 Å². The van der Waals surface area contributed by atoms with Crippen molar-refractivity contribution in [2.75, 3.05) is 5.43 Å². The molecule has 0 radical (unpaired) electrons. The Morgan fingerprint density at radius 3 is 2.50 bits per heavy atom. The van der Waals surface area contributed by atoms with E-state index < -0.39 is 29.3 Å². The van der Waals surface area contributed by atoms with Crippen molar-refractivity contribution in [1.29, 1.82) is 0 Å². The van der Waals surface area contributed by atoms with Gasteiger partial charge in [0.15, 0.2) is 0 Å². The summed E-state index contributed by atoms with van der Waals surface area (Å²) in [4.78, 5) is 3.42. The van der Waals surface area contributed by atoms with Crippen LogP contribution < -0.4 is 11.3 Å². The molecule has 0 saturated heterocycles. The van der Waals surface area contributed by atoms with E-state index in [1.807, 2.05) is 0 Å². The molecule has 0 amide bonds. The number of hydrazine groups is 1. The maximum atomic E-state index is 13.9. The lowest BCUT2D eigenvalue weighted by Gasteiger charge is -2.11. The van der Waals surface area contributed by atoms with E-state index in [4.69, 9.17) is 5.84 Å². The Labute approximate surface area is 99.6 Å². The highest BCUT2D eigenvalue weighted by Crippen LogP contribution is 2.31. The highest BCUT2D eigenvalue weighted by molar-refractivity contribution is 5.92. The van der Waals surface area contributed by atoms with Gasteiger partial charge in [-0.05, 0) is 24.6 Å². The Morgan fingerprint density at radius 2 is 1.94 bits per heavy atom. The highest BCUT2D eigenvalue weighted by Gasteiger charge is 2.19. The van der Waals surface area contributed by atoms with Crippen molar-refractivity contribution in [2.45, 2.75) is 13.3 Å². The molecule has 7 heteroatoms. The number of nitrogens with one attached hydrogen (secondary N) is 1. The van der Waals surface area contributed by atoms with Crippen LogP contribution in [0.4, 0.5) is 23.2 Å². The Balaban J connectivity index is 2.91. The predicted molar refractivity (Wildman–Crippen MR) is 59.2 cm³/mol. The van der Waals surface area contributed by atoms with E-state index in [0.717, 1.165) is 12.1 Å². The van der Waals surface area contributed by atoms with Gasteiger partial charge in [-0.15, -0.1) is 0 Å². The molecular formula is C11H9F4N3. The molecule has 0 aliphatic heterocycles. The fourth-order valence-corrected chi connectivity index (χ4v) is 1.70. The van der Waals surface area contributed by atoms with Crippen LogP contribution in [0, 0.1) is 18.6 Å². The summed E-state index contributed by atoms with van der Waals surface area (Å²) < 4.78 is 52.7. The fraction of sp³-hybridized carbons (Fsp3) is 0.182. The molecule has 1 aromatic carbocycles. The molecule has 0 fully saturated rings. The van der Waals surface area contributed by atoms with Crippen LogP contribution in [0.15, 0.2) is 12.1 Å². The standard InChI is InChI=1S/C11H9F4N3/c1-4-2-5(12)10-8(9(4)13)6(18-16)3-7(17-10)11(14)15/h2-3,11H,16H2,1H3,(H,17,18). The summed E-state index contributed by atoms with van der Waals surface area (Å²) in [6, 6.07) is 1.80. The maximum absolute atomic E-state index is 13.9. The SMILES string of the molecule is Cc1cc(F)c2nc(C(F)F)cc(NN)c2c1F. The molecule has 18 heavy (non-hydrogen) atoms. The van der Waals surface area contributed by atoms with Crippen LogP contribution in [-0.2, 0) is 0 Å². The van der Waals surface area contributed by atoms with Gasteiger partial charge < -0.3 is 5.43 Å². The lowest BCUT2D eigenvalue weighted by Crippen LogP contribution is -2.10. The molecule has 0 unspecified atom stereocenters. The van der Waals surface area contributed by atoms with Crippen molar-refractivity contribution in [3.05, 3.63) is 35.0 Å². The first-order valence-corrected chi connectivity index (χ1v) is 4.99. The topological polar surface area (TPSA) is 50.9 Å². The quantitative estimate of drug-likeness (QED) is 0.495. The summed E-state index contributed by atoms with van der Waals surface area (Å²) in [6.45, 7) is 1.36. The molecule has 3 nitrogen and oxygen atoms in total. The minimum atomic E-state index is -2.90. The third-order valence-corrected chi connectivity index (χ3v) is 2.55. The van der Waals surface area contributed by atoms with Crippen LogP contribution in [-0.4, -0.2) is 4.98 Å². The van der Waals surface area contributed by atoms with Crippen LogP contribution in [0.25, 0.3) is 10.9 Å². The summed E-state index contributed by atoms with van der Waals surface area (Å²) in [5, 5.41) is -0.237. The van der Waals surface area contributed by atoms with Crippen molar-refractivity contribution >= 4 is 16.6 Å². The van der Waals surface area contributed by atoms with Crippen LogP contribution in [0.1, 0.15) is 17.7 Å². The summed E-state index contributed by atoms with van der Waals surface area (Å²) in [6.07, 6.45) is -2.90. The van der Waals surface area contributed by atoms with Gasteiger partial charge in [-0.1, -0.05) is 0 Å². The molecule has 3 N–H and O–H groups in total. The lowest BCUT2D eigenvalue weighted by molar-refractivity contribution is 0.146. The molecule has 2 aromatic rings. The first-order valence-electron chi connectivity index (χ1n) is 4.99. The second-order valence-corrected chi connectivity index (χ2v) is 3.75. The second-order valence-electron chi connectivity index (χ2n) is 3.75. The van der Waals surface area contributed by atoms with E-state index in [-0.39, 0.29) is 16.6 Å². The average Bonchev–Trinajstić information content (AvgIpc) is 2.34. The second kappa shape index (κ2) is 4.41. The van der Waals surface area contributed by atoms with Crippen LogP contribution in [0.3, 0.4) is 0 Å². The number of hydrogen-bond donors (Lipinski definition) is 2. The molecule has 2 rings (SSSR count). The molecule has 96 valence electrons. The van der Waals surface area contributed by atoms with Crippen LogP contribution >= 0.6 is 0 Å². The number of anilines is 1. The molecule has 0 aliphatic carbocycles. The molecule has 0 spiro atoms. The van der Waals surface area contributed by atoms with E-state index in [0.29, 0.717) is 0 Å². The van der Waals surface area contributed by atoms with Crippen molar-refractivity contribution in [2.24, 2.45) is 5.84 Å². The number of fused-ring (bicyclic) bond motifs is 1. The summed E-state index contributed by atoms with van der Waals surface area (Å²) in [7, 11) is 0. The van der Waals surface area contributed by atoms with E-state index in [1.165, 1.54) is 6.92 Å². The Kier molecular flexibility index (Phi) is 3.08. The number of halogens is 4. The zero-order chi connectivity index (χ0) is 13.4. The number of aryl methyl sites for hydroxylation is 1. The van der Waals surface area contributed by atoms with Gasteiger partial charge >= 0.3 is 0 Å². The number of nitrogens with two attached hydrogens (primary N) is 1. The summed E-state index contributed by atoms with van der Waals surface area (Å²) in [5.41, 5.74) is 0.858. The predicted octanol–water partition coefficient (Wildman–Crippen LogP) is 3.04. The van der Waals surface area contributed by atoms with Crippen molar-refractivity contribution in [3.8, 4) is 0 Å². The highest BCUT2D eigenvalue weighted by atomic mass is 19.3. The van der Waals surface area contributed by atoms with Gasteiger partial charge in [0.1, 0.15) is 22.8 Å². The smallest absolute Gasteiger partial charge is 0.280 e. The first kappa shape index (κ1) is 12.6. The maximum Gasteiger partial charge on any atom is 0.280 e. The number of nitrogen functional groups attached to an aromatic ring is 1. The van der Waals surface area contributed by atoms with Gasteiger partial charge in [0.05, 0.1) is 11.1 Å². The minimum Gasteiger partial charge on any atom is -0.323 e. The lowest BCUT2D eigenvalue weighted by atomic mass is 10.1. The number of alkyl halides is 2. The molecule has 0 atom stereocenters. The minimum absolute atomic E-state index is 0.0445. The molecule has 0 saturated carbocycles. The molecule has 1 heterocycles. The van der Waals surface area contributed by atoms with E-state index >= 15 is 0 Å².